The molecule has 0 saturated carbocycles. The van der Waals surface area contributed by atoms with E-state index < -0.39 is 36.5 Å². The standard InChI is InChI=1S/C16H18N3O6P/c17-15-6-5-11(8-18-15)7-13(16(20)21)10-26(24,25)9-12-3-1-2-4-14(12)19(22)23/h1-6,8,13H,7,9-10H2,(H2,17,18)(H,20,21)(H,24,25). The van der Waals surface area contributed by atoms with Crippen LogP contribution in [0.1, 0.15) is 11.1 Å². The quantitative estimate of drug-likeness (QED) is 0.358. The lowest BCUT2D eigenvalue weighted by Gasteiger charge is -2.17. The SMILES string of the molecule is Nc1ccc(CC(CP(=O)(O)Cc2ccccc2[N+](=O)[O-])C(=O)O)cn1. The molecular formula is C16H18N3O6P. The molecule has 2 aromatic rings. The minimum absolute atomic E-state index is 0.00401. The Labute approximate surface area is 149 Å². The number of hydrogen-bond donors (Lipinski definition) is 3. The van der Waals surface area contributed by atoms with Crippen LogP contribution in [0.3, 0.4) is 0 Å². The van der Waals surface area contributed by atoms with Crippen LogP contribution in [0.15, 0.2) is 42.6 Å². The van der Waals surface area contributed by atoms with E-state index in [0.29, 0.717) is 5.56 Å². The van der Waals surface area contributed by atoms with Gasteiger partial charge in [-0.05, 0) is 18.1 Å². The summed E-state index contributed by atoms with van der Waals surface area (Å²) in [6.45, 7) is 0. The van der Waals surface area contributed by atoms with Crippen LogP contribution in [0.25, 0.3) is 0 Å². The van der Waals surface area contributed by atoms with Gasteiger partial charge < -0.3 is 15.7 Å². The predicted molar refractivity (Wildman–Crippen MR) is 95.0 cm³/mol. The second-order valence-electron chi connectivity index (χ2n) is 5.90. The van der Waals surface area contributed by atoms with Crippen LogP contribution < -0.4 is 5.73 Å². The Hall–Kier alpha value is -2.77. The number of pyridine rings is 1. The smallest absolute Gasteiger partial charge is 0.307 e. The zero-order valence-corrected chi connectivity index (χ0v) is 14.6. The number of para-hydroxylation sites is 1. The van der Waals surface area contributed by atoms with Crippen molar-refractivity contribution in [2.24, 2.45) is 5.92 Å². The van der Waals surface area contributed by atoms with E-state index in [2.05, 4.69) is 4.98 Å². The van der Waals surface area contributed by atoms with Crippen molar-refractivity contribution in [2.45, 2.75) is 12.6 Å². The summed E-state index contributed by atoms with van der Waals surface area (Å²) < 4.78 is 12.6. The Morgan fingerprint density at radius 1 is 1.31 bits per heavy atom. The number of benzene rings is 1. The Balaban J connectivity index is 2.16. The average Bonchev–Trinajstić information content (AvgIpc) is 2.56. The Morgan fingerprint density at radius 2 is 2.00 bits per heavy atom. The third-order valence-corrected chi connectivity index (χ3v) is 5.64. The summed E-state index contributed by atoms with van der Waals surface area (Å²) in [4.78, 5) is 36.0. The summed E-state index contributed by atoms with van der Waals surface area (Å²) in [6.07, 6.45) is 0.451. The molecule has 0 aliphatic heterocycles. The second kappa shape index (κ2) is 8.07. The highest BCUT2D eigenvalue weighted by Crippen LogP contribution is 2.48. The van der Waals surface area contributed by atoms with Gasteiger partial charge in [-0.2, -0.15) is 0 Å². The van der Waals surface area contributed by atoms with Gasteiger partial charge in [-0.15, -0.1) is 0 Å². The molecule has 2 atom stereocenters. The number of carboxylic acid groups (broad SMARTS) is 1. The molecular weight excluding hydrogens is 361 g/mol. The summed E-state index contributed by atoms with van der Waals surface area (Å²) in [6, 6.07) is 8.72. The van der Waals surface area contributed by atoms with Gasteiger partial charge in [-0.3, -0.25) is 19.5 Å². The number of nitro groups is 1. The van der Waals surface area contributed by atoms with E-state index in [1.165, 1.54) is 36.5 Å². The minimum atomic E-state index is -3.97. The molecule has 1 aromatic heterocycles. The van der Waals surface area contributed by atoms with Crippen molar-refractivity contribution in [3.05, 3.63) is 63.8 Å². The molecule has 2 rings (SSSR count). The lowest BCUT2D eigenvalue weighted by molar-refractivity contribution is -0.385. The fraction of sp³-hybridized carbons (Fsp3) is 0.250. The van der Waals surface area contributed by atoms with Gasteiger partial charge in [0.05, 0.1) is 17.0 Å². The lowest BCUT2D eigenvalue weighted by atomic mass is 10.0. The summed E-state index contributed by atoms with van der Waals surface area (Å²) in [7, 11) is -3.97. The summed E-state index contributed by atoms with van der Waals surface area (Å²) in [5.41, 5.74) is 5.87. The molecule has 0 radical (unpaired) electrons. The largest absolute Gasteiger partial charge is 0.481 e. The number of hydrogen-bond acceptors (Lipinski definition) is 6. The molecule has 1 aromatic carbocycles. The number of carboxylic acids is 1. The molecule has 1 heterocycles. The molecule has 10 heteroatoms. The monoisotopic (exact) mass is 379 g/mol. The zero-order chi connectivity index (χ0) is 19.3. The maximum Gasteiger partial charge on any atom is 0.307 e. The number of nitro benzene ring substituents is 1. The van der Waals surface area contributed by atoms with Gasteiger partial charge in [0.2, 0.25) is 7.37 Å². The number of nitrogens with zero attached hydrogens (tertiary/aromatic N) is 2. The van der Waals surface area contributed by atoms with Crippen LogP contribution in [-0.2, 0) is 21.9 Å². The molecule has 9 nitrogen and oxygen atoms in total. The lowest BCUT2D eigenvalue weighted by Crippen LogP contribution is -2.21. The fourth-order valence-electron chi connectivity index (χ4n) is 2.57. The first-order valence-corrected chi connectivity index (χ1v) is 9.67. The molecule has 0 spiro atoms. The highest BCUT2D eigenvalue weighted by molar-refractivity contribution is 7.57. The summed E-state index contributed by atoms with van der Waals surface area (Å²) >= 11 is 0. The Morgan fingerprint density at radius 3 is 2.58 bits per heavy atom. The molecule has 4 N–H and O–H groups in total. The van der Waals surface area contributed by atoms with Crippen molar-refractivity contribution in [3.8, 4) is 0 Å². The van der Waals surface area contributed by atoms with Gasteiger partial charge in [0.15, 0.2) is 0 Å². The van der Waals surface area contributed by atoms with E-state index in [0.717, 1.165) is 0 Å². The van der Waals surface area contributed by atoms with Crippen molar-refractivity contribution in [1.29, 1.82) is 0 Å². The number of anilines is 1. The van der Waals surface area contributed by atoms with E-state index in [4.69, 9.17) is 5.73 Å². The van der Waals surface area contributed by atoms with Gasteiger partial charge in [0.25, 0.3) is 5.69 Å². The molecule has 0 amide bonds. The van der Waals surface area contributed by atoms with Crippen LogP contribution in [0.2, 0.25) is 0 Å². The van der Waals surface area contributed by atoms with E-state index in [1.54, 1.807) is 6.07 Å². The van der Waals surface area contributed by atoms with Gasteiger partial charge in [-0.1, -0.05) is 24.3 Å². The number of aliphatic carboxylic acids is 1. The second-order valence-corrected chi connectivity index (χ2v) is 8.28. The topological polar surface area (TPSA) is 157 Å². The number of nitrogens with two attached hydrogens (primary N) is 1. The third kappa shape index (κ3) is 5.37. The van der Waals surface area contributed by atoms with E-state index in [9.17, 15) is 29.5 Å². The first-order chi connectivity index (χ1) is 12.2. The van der Waals surface area contributed by atoms with Crippen molar-refractivity contribution in [1.82, 2.24) is 4.98 Å². The first kappa shape index (κ1) is 19.6. The van der Waals surface area contributed by atoms with Crippen molar-refractivity contribution in [3.63, 3.8) is 0 Å². The highest BCUT2D eigenvalue weighted by atomic mass is 31.2. The van der Waals surface area contributed by atoms with Crippen LogP contribution >= 0.6 is 7.37 Å². The van der Waals surface area contributed by atoms with Crippen molar-refractivity contribution < 1.29 is 24.3 Å². The van der Waals surface area contributed by atoms with Gasteiger partial charge in [0, 0.05) is 24.0 Å². The minimum Gasteiger partial charge on any atom is -0.481 e. The molecule has 26 heavy (non-hydrogen) atoms. The van der Waals surface area contributed by atoms with Gasteiger partial charge in [0.1, 0.15) is 5.82 Å². The van der Waals surface area contributed by atoms with Crippen LogP contribution in [-0.4, -0.2) is 32.0 Å². The fourth-order valence-corrected chi connectivity index (χ4v) is 4.47. The van der Waals surface area contributed by atoms with E-state index in [-0.39, 0.29) is 23.5 Å². The van der Waals surface area contributed by atoms with Crippen molar-refractivity contribution in [2.75, 3.05) is 11.9 Å². The molecule has 0 aliphatic rings. The van der Waals surface area contributed by atoms with Crippen LogP contribution in [0.4, 0.5) is 11.5 Å². The Bertz CT molecular complexity index is 855. The third-order valence-electron chi connectivity index (χ3n) is 3.79. The molecule has 0 fully saturated rings. The number of nitrogen functional groups attached to an aromatic ring is 1. The molecule has 138 valence electrons. The maximum absolute atomic E-state index is 12.6. The van der Waals surface area contributed by atoms with E-state index >= 15 is 0 Å². The summed E-state index contributed by atoms with van der Waals surface area (Å²) in [5, 5.41) is 20.4. The molecule has 0 aliphatic carbocycles. The zero-order valence-electron chi connectivity index (χ0n) is 13.7. The molecule has 2 unspecified atom stereocenters. The maximum atomic E-state index is 12.6. The predicted octanol–water partition coefficient (Wildman–Crippen LogP) is 2.29. The number of aromatic nitrogens is 1. The number of carbonyl (C=O) groups is 1. The first-order valence-electron chi connectivity index (χ1n) is 7.64. The van der Waals surface area contributed by atoms with Crippen LogP contribution in [0.5, 0.6) is 0 Å². The molecule has 0 saturated heterocycles. The number of rotatable bonds is 8. The van der Waals surface area contributed by atoms with E-state index in [1.807, 2.05) is 0 Å². The normalized spacial score (nSPS) is 14.3. The average molecular weight is 379 g/mol. The molecule has 0 bridgehead atoms. The van der Waals surface area contributed by atoms with Gasteiger partial charge in [-0.25, -0.2) is 4.98 Å². The van der Waals surface area contributed by atoms with Crippen molar-refractivity contribution >= 4 is 24.8 Å². The highest BCUT2D eigenvalue weighted by Gasteiger charge is 2.31. The van der Waals surface area contributed by atoms with Crippen LogP contribution in [0, 0.1) is 16.0 Å². The van der Waals surface area contributed by atoms with Gasteiger partial charge >= 0.3 is 5.97 Å². The summed E-state index contributed by atoms with van der Waals surface area (Å²) in [5.74, 6) is -2.07. The Kier molecular flexibility index (Phi) is 6.07.